The second-order valence-corrected chi connectivity index (χ2v) is 23.3. The monoisotopic (exact) mass is 1060 g/mol. The van der Waals surface area contributed by atoms with Crippen LogP contribution in [0.3, 0.4) is 0 Å². The Morgan fingerprint density at radius 1 is 0.453 bits per heavy atom. The van der Waals surface area contributed by atoms with Crippen molar-refractivity contribution in [1.29, 1.82) is 0 Å². The molecule has 0 saturated carbocycles. The lowest BCUT2D eigenvalue weighted by molar-refractivity contribution is -0.302. The highest BCUT2D eigenvalue weighted by Gasteiger charge is 2.44. The molecule has 6 N–H and O–H groups in total. The maximum absolute atomic E-state index is 13.1. The van der Waals surface area contributed by atoms with E-state index in [9.17, 15) is 30.3 Å². The molecule has 75 heavy (non-hydrogen) atoms. The molecule has 444 valence electrons. The number of hydrogen-bond donors (Lipinski definition) is 6. The van der Waals surface area contributed by atoms with Crippen LogP contribution in [0.4, 0.5) is 0 Å². The van der Waals surface area contributed by atoms with Gasteiger partial charge in [-0.15, -0.1) is 0 Å². The Morgan fingerprint density at radius 3 is 1.15 bits per heavy atom. The summed E-state index contributed by atoms with van der Waals surface area (Å²) >= 11 is 0. The molecular weight excluding hydrogens is 935 g/mol. The minimum atomic E-state index is -1.55. The molecule has 0 aromatic rings. The number of aliphatic hydroxyl groups is 5. The first-order chi connectivity index (χ1) is 36.8. The van der Waals surface area contributed by atoms with E-state index in [-0.39, 0.29) is 12.5 Å². The quantitative estimate of drug-likeness (QED) is 0.0261. The van der Waals surface area contributed by atoms with Gasteiger partial charge in [-0.3, -0.25) is 4.79 Å². The summed E-state index contributed by atoms with van der Waals surface area (Å²) < 4.78 is 11.4. The van der Waals surface area contributed by atoms with Crippen LogP contribution in [0.25, 0.3) is 0 Å². The SMILES string of the molecule is CCCCCCC/C=C\C/C=C\CCCCCCCCCCCCCCCCCC(=O)NC(COC1OC(CO)C(O)C(O)C1O)C(O)CCCCCCCCCCCCCCCCCCCCCCCCCCC. The molecule has 1 aliphatic heterocycles. The molecule has 7 unspecified atom stereocenters. The predicted molar refractivity (Wildman–Crippen MR) is 318 cm³/mol. The summed E-state index contributed by atoms with van der Waals surface area (Å²) in [6.45, 7) is 3.88. The van der Waals surface area contributed by atoms with Crippen molar-refractivity contribution in [3.63, 3.8) is 0 Å². The number of amides is 1. The second kappa shape index (κ2) is 56.0. The van der Waals surface area contributed by atoms with Gasteiger partial charge in [0.1, 0.15) is 24.4 Å². The smallest absolute Gasteiger partial charge is 0.220 e. The van der Waals surface area contributed by atoms with Gasteiger partial charge in [-0.05, 0) is 44.9 Å². The molecule has 7 atom stereocenters. The first-order valence-electron chi connectivity index (χ1n) is 33.0. The fourth-order valence-corrected chi connectivity index (χ4v) is 10.8. The third kappa shape index (κ3) is 45.1. The van der Waals surface area contributed by atoms with Crippen LogP contribution in [0.15, 0.2) is 24.3 Å². The van der Waals surface area contributed by atoms with Gasteiger partial charge < -0.3 is 40.3 Å². The minimum Gasteiger partial charge on any atom is -0.394 e. The van der Waals surface area contributed by atoms with E-state index < -0.39 is 49.5 Å². The van der Waals surface area contributed by atoms with Gasteiger partial charge in [0.25, 0.3) is 0 Å². The molecule has 9 nitrogen and oxygen atoms in total. The number of unbranched alkanes of at least 4 members (excludes halogenated alkanes) is 44. The van der Waals surface area contributed by atoms with Crippen LogP contribution in [0.5, 0.6) is 0 Å². The number of carbonyl (C=O) groups excluding carboxylic acids is 1. The summed E-state index contributed by atoms with van der Waals surface area (Å²) in [6.07, 6.45) is 65.1. The van der Waals surface area contributed by atoms with Crippen molar-refractivity contribution in [2.75, 3.05) is 13.2 Å². The van der Waals surface area contributed by atoms with Crippen molar-refractivity contribution in [3.8, 4) is 0 Å². The molecule has 1 saturated heterocycles. The number of aliphatic hydroxyl groups excluding tert-OH is 5. The molecule has 0 radical (unpaired) electrons. The molecule has 0 aromatic carbocycles. The van der Waals surface area contributed by atoms with E-state index in [1.807, 2.05) is 0 Å². The zero-order valence-corrected chi connectivity index (χ0v) is 49.6. The zero-order valence-electron chi connectivity index (χ0n) is 49.6. The van der Waals surface area contributed by atoms with Crippen molar-refractivity contribution in [1.82, 2.24) is 5.32 Å². The first kappa shape index (κ1) is 71.7. The summed E-state index contributed by atoms with van der Waals surface area (Å²) in [6, 6.07) is -0.718. The average Bonchev–Trinajstić information content (AvgIpc) is 3.41. The standard InChI is InChI=1S/C66H127NO8/c1-3-5-7-9-11-13-15-17-19-21-23-25-27-29-30-32-34-36-38-40-42-44-46-48-50-52-54-56-62(70)67-59(58-74-66-65(73)64(72)63(71)61(57-68)75-66)60(69)55-53-51-49-47-45-43-41-39-37-35-33-31-28-26-24-22-20-18-16-14-12-10-8-6-4-2/h15,17,21,23,59-61,63-66,68-69,71-73H,3-14,16,18-20,22,24-58H2,1-2H3,(H,67,70)/b17-15-,23-21-. The van der Waals surface area contributed by atoms with Gasteiger partial charge in [0.2, 0.25) is 5.91 Å². The van der Waals surface area contributed by atoms with Gasteiger partial charge in [0, 0.05) is 6.42 Å². The topological polar surface area (TPSA) is 149 Å². The van der Waals surface area contributed by atoms with Crippen LogP contribution < -0.4 is 5.32 Å². The van der Waals surface area contributed by atoms with E-state index in [0.717, 1.165) is 44.9 Å². The van der Waals surface area contributed by atoms with E-state index >= 15 is 0 Å². The largest absolute Gasteiger partial charge is 0.394 e. The summed E-state index contributed by atoms with van der Waals surface area (Å²) in [7, 11) is 0. The van der Waals surface area contributed by atoms with Crippen molar-refractivity contribution in [2.24, 2.45) is 0 Å². The van der Waals surface area contributed by atoms with E-state index in [4.69, 9.17) is 9.47 Å². The number of allylic oxidation sites excluding steroid dienone is 4. The highest BCUT2D eigenvalue weighted by Crippen LogP contribution is 2.24. The molecule has 0 aromatic heterocycles. The summed E-state index contributed by atoms with van der Waals surface area (Å²) in [5.74, 6) is -0.138. The van der Waals surface area contributed by atoms with Crippen molar-refractivity contribution < 1.29 is 39.8 Å². The summed E-state index contributed by atoms with van der Waals surface area (Å²) in [5.41, 5.74) is 0. The predicted octanol–water partition coefficient (Wildman–Crippen LogP) is 17.3. The van der Waals surface area contributed by atoms with Crippen molar-refractivity contribution >= 4 is 5.91 Å². The van der Waals surface area contributed by atoms with Gasteiger partial charge in [-0.1, -0.05) is 308 Å². The normalized spacial score (nSPS) is 18.9. The van der Waals surface area contributed by atoms with Crippen LogP contribution in [0.2, 0.25) is 0 Å². The molecule has 1 rings (SSSR count). The number of rotatable bonds is 58. The highest BCUT2D eigenvalue weighted by atomic mass is 16.7. The fraction of sp³-hybridized carbons (Fsp3) is 0.924. The van der Waals surface area contributed by atoms with Crippen LogP contribution in [-0.2, 0) is 14.3 Å². The van der Waals surface area contributed by atoms with Gasteiger partial charge in [0.05, 0.1) is 25.4 Å². The lowest BCUT2D eigenvalue weighted by atomic mass is 9.99. The number of carbonyl (C=O) groups is 1. The van der Waals surface area contributed by atoms with Crippen molar-refractivity contribution in [2.45, 2.75) is 378 Å². The van der Waals surface area contributed by atoms with E-state index in [0.29, 0.717) is 12.8 Å². The average molecular weight is 1060 g/mol. The van der Waals surface area contributed by atoms with Gasteiger partial charge in [0.15, 0.2) is 6.29 Å². The lowest BCUT2D eigenvalue weighted by Crippen LogP contribution is -2.60. The Bertz CT molecular complexity index is 1230. The van der Waals surface area contributed by atoms with Crippen molar-refractivity contribution in [3.05, 3.63) is 24.3 Å². The Kier molecular flexibility index (Phi) is 53.5. The Morgan fingerprint density at radius 2 is 0.787 bits per heavy atom. The molecule has 9 heteroatoms. The van der Waals surface area contributed by atoms with E-state index in [2.05, 4.69) is 43.5 Å². The van der Waals surface area contributed by atoms with Crippen LogP contribution >= 0.6 is 0 Å². The van der Waals surface area contributed by atoms with Crippen LogP contribution in [0.1, 0.15) is 335 Å². The maximum atomic E-state index is 13.1. The Hall–Kier alpha value is -1.33. The zero-order chi connectivity index (χ0) is 54.3. The maximum Gasteiger partial charge on any atom is 0.220 e. The van der Waals surface area contributed by atoms with E-state index in [1.165, 1.54) is 263 Å². The van der Waals surface area contributed by atoms with Crippen LogP contribution in [-0.4, -0.2) is 87.5 Å². The molecule has 1 amide bonds. The Labute approximate surface area is 464 Å². The molecule has 1 heterocycles. The molecule has 1 fully saturated rings. The molecular formula is C66H127NO8. The Balaban J connectivity index is 2.14. The first-order valence-corrected chi connectivity index (χ1v) is 33.0. The summed E-state index contributed by atoms with van der Waals surface area (Å²) in [4.78, 5) is 13.1. The molecule has 0 bridgehead atoms. The minimum absolute atomic E-state index is 0.134. The van der Waals surface area contributed by atoms with Gasteiger partial charge >= 0.3 is 0 Å². The number of ether oxygens (including phenoxy) is 2. The second-order valence-electron chi connectivity index (χ2n) is 23.3. The fourth-order valence-electron chi connectivity index (χ4n) is 10.8. The third-order valence-corrected chi connectivity index (χ3v) is 16.1. The van der Waals surface area contributed by atoms with Gasteiger partial charge in [-0.2, -0.15) is 0 Å². The molecule has 1 aliphatic rings. The molecule has 0 aliphatic carbocycles. The molecule has 0 spiro atoms. The van der Waals surface area contributed by atoms with Crippen LogP contribution in [0, 0.1) is 0 Å². The third-order valence-electron chi connectivity index (χ3n) is 16.1. The van der Waals surface area contributed by atoms with Gasteiger partial charge in [-0.25, -0.2) is 0 Å². The highest BCUT2D eigenvalue weighted by molar-refractivity contribution is 5.76. The number of nitrogens with one attached hydrogen (secondary N) is 1. The van der Waals surface area contributed by atoms with E-state index in [1.54, 1.807) is 0 Å². The summed E-state index contributed by atoms with van der Waals surface area (Å²) in [5, 5.41) is 54.9. The number of hydrogen-bond acceptors (Lipinski definition) is 8. The lowest BCUT2D eigenvalue weighted by Gasteiger charge is -2.40.